The number of rotatable bonds is 2. The standard InChI is InChI=1S/C20H17ClNO4.ClH/c1-23-18-7-12-5-15-13-8-17-16(25-10-26-17)6-11(13)3-4-22(15)9-14(12)19(21)20(18)24-2;/h5-9H,3-4,10H2,1-2H3;1H/q+1;/p-1. The number of halogens is 2. The molecule has 0 saturated heterocycles. The normalized spacial score (nSPS) is 13.6. The van der Waals surface area contributed by atoms with Gasteiger partial charge in [-0.25, -0.2) is 0 Å². The van der Waals surface area contributed by atoms with Gasteiger partial charge in [-0.1, -0.05) is 11.6 Å². The number of methoxy groups -OCH3 is 2. The van der Waals surface area contributed by atoms with E-state index in [1.807, 2.05) is 6.07 Å². The van der Waals surface area contributed by atoms with Crippen LogP contribution in [0.3, 0.4) is 0 Å². The molecule has 2 aliphatic heterocycles. The Kier molecular flexibility index (Phi) is 4.44. The van der Waals surface area contributed by atoms with Crippen LogP contribution >= 0.6 is 11.6 Å². The van der Waals surface area contributed by atoms with Crippen LogP contribution in [0.2, 0.25) is 5.02 Å². The molecule has 0 aliphatic carbocycles. The quantitative estimate of drug-likeness (QED) is 0.590. The van der Waals surface area contributed by atoms with Crippen LogP contribution in [0.15, 0.2) is 30.5 Å². The summed E-state index contributed by atoms with van der Waals surface area (Å²) in [4.78, 5) is 0. The monoisotopic (exact) mass is 405 g/mol. The van der Waals surface area contributed by atoms with Crippen molar-refractivity contribution >= 4 is 22.4 Å². The average Bonchev–Trinajstić information content (AvgIpc) is 3.12. The number of pyridine rings is 1. The number of ether oxygens (including phenoxy) is 4. The first-order valence-electron chi connectivity index (χ1n) is 8.40. The van der Waals surface area contributed by atoms with Gasteiger partial charge in [-0.3, -0.25) is 0 Å². The molecule has 0 bridgehead atoms. The lowest BCUT2D eigenvalue weighted by Gasteiger charge is -2.17. The van der Waals surface area contributed by atoms with E-state index in [9.17, 15) is 0 Å². The fraction of sp³-hybridized carbons (Fsp3) is 0.250. The number of hydrogen-bond acceptors (Lipinski definition) is 4. The third-order valence-electron chi connectivity index (χ3n) is 5.06. The highest BCUT2D eigenvalue weighted by Gasteiger charge is 2.28. The van der Waals surface area contributed by atoms with Crippen LogP contribution in [0.4, 0.5) is 0 Å². The minimum Gasteiger partial charge on any atom is -1.00 e. The highest BCUT2D eigenvalue weighted by atomic mass is 35.5. The SMILES string of the molecule is COc1cc2cc3[n+](cc2c(Cl)c1OC)CCc1cc2c(cc1-3)OCO2.[Cl-]. The number of aryl methyl sites for hydroxylation is 2. The summed E-state index contributed by atoms with van der Waals surface area (Å²) < 4.78 is 24.2. The largest absolute Gasteiger partial charge is 1.00 e. The van der Waals surface area contributed by atoms with Crippen molar-refractivity contribution in [3.63, 3.8) is 0 Å². The Bertz CT molecular complexity index is 1070. The smallest absolute Gasteiger partial charge is 0.231 e. The Morgan fingerprint density at radius 2 is 1.81 bits per heavy atom. The van der Waals surface area contributed by atoms with Crippen molar-refractivity contribution < 1.29 is 35.9 Å². The molecule has 5 nitrogen and oxygen atoms in total. The van der Waals surface area contributed by atoms with Gasteiger partial charge >= 0.3 is 0 Å². The number of hydrogen-bond donors (Lipinski definition) is 0. The lowest BCUT2D eigenvalue weighted by molar-refractivity contribution is -0.686. The van der Waals surface area contributed by atoms with Crippen LogP contribution in [0.1, 0.15) is 5.56 Å². The van der Waals surface area contributed by atoms with Gasteiger partial charge in [-0.05, 0) is 29.1 Å². The summed E-state index contributed by atoms with van der Waals surface area (Å²) in [6.07, 6.45) is 3.02. The van der Waals surface area contributed by atoms with E-state index in [-0.39, 0.29) is 19.2 Å². The second kappa shape index (κ2) is 6.66. The van der Waals surface area contributed by atoms with Crippen molar-refractivity contribution in [2.45, 2.75) is 13.0 Å². The fourth-order valence-electron chi connectivity index (χ4n) is 3.78. The summed E-state index contributed by atoms with van der Waals surface area (Å²) >= 11 is 6.59. The van der Waals surface area contributed by atoms with Crippen molar-refractivity contribution in [1.82, 2.24) is 0 Å². The summed E-state index contributed by atoms with van der Waals surface area (Å²) in [7, 11) is 3.21. The van der Waals surface area contributed by atoms with Gasteiger partial charge in [0.15, 0.2) is 35.7 Å². The van der Waals surface area contributed by atoms with Crippen LogP contribution in [-0.2, 0) is 13.0 Å². The van der Waals surface area contributed by atoms with E-state index in [4.69, 9.17) is 30.5 Å². The Morgan fingerprint density at radius 3 is 2.56 bits per heavy atom. The van der Waals surface area contributed by atoms with Crippen molar-refractivity contribution in [3.8, 4) is 34.3 Å². The molecule has 27 heavy (non-hydrogen) atoms. The molecule has 7 heteroatoms. The minimum absolute atomic E-state index is 0. The first-order valence-corrected chi connectivity index (χ1v) is 8.78. The van der Waals surface area contributed by atoms with E-state index in [1.165, 1.54) is 5.56 Å². The van der Waals surface area contributed by atoms with Crippen LogP contribution < -0.4 is 35.9 Å². The minimum atomic E-state index is 0. The van der Waals surface area contributed by atoms with Gasteiger partial charge in [0.1, 0.15) is 5.02 Å². The summed E-state index contributed by atoms with van der Waals surface area (Å²) in [5, 5.41) is 2.51. The van der Waals surface area contributed by atoms with Crippen LogP contribution in [0.5, 0.6) is 23.0 Å². The van der Waals surface area contributed by atoms with Crippen molar-refractivity contribution in [1.29, 1.82) is 0 Å². The van der Waals surface area contributed by atoms with Gasteiger partial charge in [-0.15, -0.1) is 0 Å². The number of benzene rings is 2. The molecule has 5 rings (SSSR count). The molecule has 0 unspecified atom stereocenters. The van der Waals surface area contributed by atoms with Gasteiger partial charge < -0.3 is 31.4 Å². The molecular weight excluding hydrogens is 389 g/mol. The third-order valence-corrected chi connectivity index (χ3v) is 5.44. The molecule has 140 valence electrons. The molecule has 3 aromatic rings. The van der Waals surface area contributed by atoms with Gasteiger partial charge in [0.25, 0.3) is 0 Å². The van der Waals surface area contributed by atoms with Crippen molar-refractivity contribution in [2.24, 2.45) is 0 Å². The summed E-state index contributed by atoms with van der Waals surface area (Å²) in [5.41, 5.74) is 3.55. The molecule has 0 amide bonds. The maximum atomic E-state index is 6.59. The molecule has 0 saturated carbocycles. The zero-order valence-corrected chi connectivity index (χ0v) is 16.4. The van der Waals surface area contributed by atoms with E-state index in [2.05, 4.69) is 29.0 Å². The third kappa shape index (κ3) is 2.65. The second-order valence-electron chi connectivity index (χ2n) is 6.39. The summed E-state index contributed by atoms with van der Waals surface area (Å²) in [5.74, 6) is 2.80. The maximum Gasteiger partial charge on any atom is 0.231 e. The lowest BCUT2D eigenvalue weighted by atomic mass is 9.95. The Labute approximate surface area is 167 Å². The lowest BCUT2D eigenvalue weighted by Crippen LogP contribution is -3.00. The average molecular weight is 406 g/mol. The Morgan fingerprint density at radius 1 is 1.04 bits per heavy atom. The topological polar surface area (TPSA) is 40.8 Å². The molecule has 0 N–H and O–H groups in total. The maximum absolute atomic E-state index is 6.59. The summed E-state index contributed by atoms with van der Waals surface area (Å²) in [6.45, 7) is 1.16. The summed E-state index contributed by atoms with van der Waals surface area (Å²) in [6, 6.07) is 8.26. The van der Waals surface area contributed by atoms with E-state index in [0.717, 1.165) is 46.5 Å². The zero-order chi connectivity index (χ0) is 17.8. The van der Waals surface area contributed by atoms with Gasteiger partial charge in [0, 0.05) is 12.5 Å². The highest BCUT2D eigenvalue weighted by molar-refractivity contribution is 6.37. The first-order chi connectivity index (χ1) is 12.7. The Hall–Kier alpha value is -2.37. The zero-order valence-electron chi connectivity index (χ0n) is 14.8. The van der Waals surface area contributed by atoms with Crippen LogP contribution in [0.25, 0.3) is 22.0 Å². The molecule has 0 atom stereocenters. The molecular formula is C20H17Cl2NO4. The predicted molar refractivity (Wildman–Crippen MR) is 97.5 cm³/mol. The number of aromatic nitrogens is 1. The first kappa shape index (κ1) is 18.0. The molecule has 0 spiro atoms. The van der Waals surface area contributed by atoms with E-state index in [0.29, 0.717) is 16.5 Å². The Balaban J connectivity index is 0.00000180. The molecule has 2 aromatic carbocycles. The highest BCUT2D eigenvalue weighted by Crippen LogP contribution is 2.43. The van der Waals surface area contributed by atoms with Crippen LogP contribution in [-0.4, -0.2) is 21.0 Å². The van der Waals surface area contributed by atoms with Crippen molar-refractivity contribution in [3.05, 3.63) is 41.0 Å². The van der Waals surface area contributed by atoms with Crippen LogP contribution in [0, 0.1) is 0 Å². The second-order valence-corrected chi connectivity index (χ2v) is 6.77. The predicted octanol–water partition coefficient (Wildman–Crippen LogP) is 0.754. The van der Waals surface area contributed by atoms with Crippen molar-refractivity contribution in [2.75, 3.05) is 21.0 Å². The van der Waals surface area contributed by atoms with Gasteiger partial charge in [0.2, 0.25) is 12.5 Å². The van der Waals surface area contributed by atoms with E-state index in [1.54, 1.807) is 14.2 Å². The van der Waals surface area contributed by atoms with Gasteiger partial charge in [-0.2, -0.15) is 4.57 Å². The number of fused-ring (bicyclic) bond motifs is 5. The molecule has 2 aliphatic rings. The fourth-order valence-corrected chi connectivity index (χ4v) is 4.11. The molecule has 1 aromatic heterocycles. The molecule has 0 radical (unpaired) electrons. The van der Waals surface area contributed by atoms with E-state index >= 15 is 0 Å². The molecule has 0 fully saturated rings. The van der Waals surface area contributed by atoms with Gasteiger partial charge in [0.05, 0.1) is 25.2 Å². The van der Waals surface area contributed by atoms with E-state index < -0.39 is 0 Å². The number of nitrogens with zero attached hydrogens (tertiary/aromatic N) is 1. The molecule has 3 heterocycles.